The molecular formula is C18H14O4S. The van der Waals surface area contributed by atoms with Crippen molar-refractivity contribution in [2.75, 3.05) is 7.11 Å². The minimum atomic E-state index is -0.118. The van der Waals surface area contributed by atoms with E-state index in [0.717, 1.165) is 21.4 Å². The highest BCUT2D eigenvalue weighted by molar-refractivity contribution is 7.21. The number of ether oxygens (including phenoxy) is 1. The molecule has 1 aliphatic carbocycles. The summed E-state index contributed by atoms with van der Waals surface area (Å²) in [5.74, 6) is 1.81. The molecule has 1 aromatic carbocycles. The second-order valence-electron chi connectivity index (χ2n) is 5.75. The fourth-order valence-electron chi connectivity index (χ4n) is 3.26. The number of ketones is 2. The third-order valence-electron chi connectivity index (χ3n) is 4.34. The number of thiophene rings is 1. The maximum absolute atomic E-state index is 13.0. The number of hydrogen-bond donors (Lipinski definition) is 0. The van der Waals surface area contributed by atoms with Gasteiger partial charge in [-0.25, -0.2) is 0 Å². The van der Waals surface area contributed by atoms with Gasteiger partial charge in [-0.1, -0.05) is 0 Å². The summed E-state index contributed by atoms with van der Waals surface area (Å²) < 4.78 is 11.8. The van der Waals surface area contributed by atoms with Crippen molar-refractivity contribution in [3.8, 4) is 5.75 Å². The molecule has 116 valence electrons. The molecule has 0 aliphatic heterocycles. The standard InChI is InChI=1S/C18H14O4S/c1-7-5-10-11(6-12(7)21-4)16(20)18-14(15(10)19)13-8(2)22-9(3)17(13)23-18/h5-6H,1-4H3. The molecule has 0 spiro atoms. The van der Waals surface area contributed by atoms with E-state index in [0.29, 0.717) is 33.1 Å². The molecule has 23 heavy (non-hydrogen) atoms. The molecule has 0 bridgehead atoms. The zero-order valence-corrected chi connectivity index (χ0v) is 14.0. The highest BCUT2D eigenvalue weighted by atomic mass is 32.1. The van der Waals surface area contributed by atoms with Crippen LogP contribution >= 0.6 is 11.3 Å². The van der Waals surface area contributed by atoms with Crippen LogP contribution in [-0.4, -0.2) is 18.7 Å². The summed E-state index contributed by atoms with van der Waals surface area (Å²) in [6.45, 7) is 5.55. The zero-order chi connectivity index (χ0) is 16.5. The van der Waals surface area contributed by atoms with Gasteiger partial charge in [-0.05, 0) is 38.5 Å². The maximum Gasteiger partial charge on any atom is 0.204 e. The van der Waals surface area contributed by atoms with Crippen LogP contribution in [0.1, 0.15) is 48.2 Å². The molecule has 1 aliphatic rings. The minimum Gasteiger partial charge on any atom is -0.496 e. The molecule has 3 aromatic rings. The molecule has 0 saturated heterocycles. The van der Waals surface area contributed by atoms with Gasteiger partial charge < -0.3 is 9.15 Å². The van der Waals surface area contributed by atoms with Crippen molar-refractivity contribution in [1.82, 2.24) is 0 Å². The summed E-state index contributed by atoms with van der Waals surface area (Å²) >= 11 is 1.34. The third-order valence-corrected chi connectivity index (χ3v) is 5.63. The summed E-state index contributed by atoms with van der Waals surface area (Å²) in [7, 11) is 1.56. The quantitative estimate of drug-likeness (QED) is 0.526. The molecule has 2 aromatic heterocycles. The average Bonchev–Trinajstić information content (AvgIpc) is 3.04. The molecule has 5 heteroatoms. The first-order valence-electron chi connectivity index (χ1n) is 7.24. The lowest BCUT2D eigenvalue weighted by atomic mass is 9.86. The summed E-state index contributed by atoms with van der Waals surface area (Å²) in [6, 6.07) is 3.41. The number of benzene rings is 1. The first-order valence-corrected chi connectivity index (χ1v) is 8.06. The molecule has 0 saturated carbocycles. The average molecular weight is 326 g/mol. The predicted molar refractivity (Wildman–Crippen MR) is 88.2 cm³/mol. The molecule has 4 rings (SSSR count). The molecule has 0 radical (unpaired) electrons. The molecule has 0 unspecified atom stereocenters. The van der Waals surface area contributed by atoms with E-state index in [2.05, 4.69) is 0 Å². The second-order valence-corrected chi connectivity index (χ2v) is 6.77. The number of aryl methyl sites for hydroxylation is 3. The lowest BCUT2D eigenvalue weighted by Crippen LogP contribution is -2.19. The van der Waals surface area contributed by atoms with Gasteiger partial charge >= 0.3 is 0 Å². The highest BCUT2D eigenvalue weighted by Gasteiger charge is 2.36. The van der Waals surface area contributed by atoms with Crippen LogP contribution in [0.5, 0.6) is 5.75 Å². The Bertz CT molecular complexity index is 1020. The zero-order valence-electron chi connectivity index (χ0n) is 13.2. The van der Waals surface area contributed by atoms with Gasteiger partial charge in [0.25, 0.3) is 0 Å². The van der Waals surface area contributed by atoms with Crippen molar-refractivity contribution in [2.24, 2.45) is 0 Å². The molecule has 2 heterocycles. The molecule has 0 atom stereocenters. The Labute approximate surface area is 136 Å². The summed E-state index contributed by atoms with van der Waals surface area (Å²) in [4.78, 5) is 26.4. The maximum atomic E-state index is 13.0. The van der Waals surface area contributed by atoms with Crippen LogP contribution in [0.15, 0.2) is 16.5 Å². The third kappa shape index (κ3) is 1.71. The SMILES string of the molecule is COc1cc2c(cc1C)C(=O)c1c(sc3c(C)oc(C)c13)C2=O. The molecule has 0 amide bonds. The van der Waals surface area contributed by atoms with Crippen LogP contribution < -0.4 is 4.74 Å². The number of furan rings is 1. The van der Waals surface area contributed by atoms with Gasteiger partial charge in [-0.15, -0.1) is 11.3 Å². The van der Waals surface area contributed by atoms with Gasteiger partial charge in [0.2, 0.25) is 5.78 Å². The van der Waals surface area contributed by atoms with Gasteiger partial charge in [0.05, 0.1) is 22.3 Å². The summed E-state index contributed by atoms with van der Waals surface area (Å²) in [5, 5.41) is 0.778. The van der Waals surface area contributed by atoms with Gasteiger partial charge in [0.15, 0.2) is 5.78 Å². The van der Waals surface area contributed by atoms with Crippen molar-refractivity contribution in [1.29, 1.82) is 0 Å². The fraction of sp³-hybridized carbons (Fsp3) is 0.222. The molecular weight excluding hydrogens is 312 g/mol. The molecule has 0 fully saturated rings. The van der Waals surface area contributed by atoms with E-state index in [1.807, 2.05) is 20.8 Å². The van der Waals surface area contributed by atoms with E-state index in [4.69, 9.17) is 9.15 Å². The Balaban J connectivity index is 2.07. The van der Waals surface area contributed by atoms with Crippen LogP contribution in [0.4, 0.5) is 0 Å². The Morgan fingerprint density at radius 3 is 2.39 bits per heavy atom. The topological polar surface area (TPSA) is 56.5 Å². The van der Waals surface area contributed by atoms with Crippen LogP contribution in [0.2, 0.25) is 0 Å². The Hall–Kier alpha value is -2.40. The lowest BCUT2D eigenvalue weighted by molar-refractivity contribution is 0.0983. The molecule has 0 N–H and O–H groups in total. The minimum absolute atomic E-state index is 0.115. The van der Waals surface area contributed by atoms with Crippen molar-refractivity contribution >= 4 is 33.0 Å². The number of carbonyl (C=O) groups is 2. The van der Waals surface area contributed by atoms with Crippen LogP contribution in [0, 0.1) is 20.8 Å². The van der Waals surface area contributed by atoms with E-state index in [9.17, 15) is 9.59 Å². The Kier molecular flexibility index (Phi) is 2.81. The smallest absolute Gasteiger partial charge is 0.204 e. The fourth-order valence-corrected chi connectivity index (χ4v) is 4.50. The largest absolute Gasteiger partial charge is 0.496 e. The van der Waals surface area contributed by atoms with Crippen LogP contribution in [-0.2, 0) is 0 Å². The van der Waals surface area contributed by atoms with Crippen LogP contribution in [0.3, 0.4) is 0 Å². The van der Waals surface area contributed by atoms with E-state index in [1.165, 1.54) is 11.3 Å². The number of hydrogen-bond acceptors (Lipinski definition) is 5. The number of methoxy groups -OCH3 is 1. The number of carbonyl (C=O) groups excluding carboxylic acids is 2. The van der Waals surface area contributed by atoms with Gasteiger partial charge in [-0.2, -0.15) is 0 Å². The lowest BCUT2D eigenvalue weighted by Gasteiger charge is -2.17. The number of rotatable bonds is 1. The summed E-state index contributed by atoms with van der Waals surface area (Å²) in [5.41, 5.74) is 2.18. The van der Waals surface area contributed by atoms with Gasteiger partial charge in [0.1, 0.15) is 17.3 Å². The number of fused-ring (bicyclic) bond motifs is 4. The predicted octanol–water partition coefficient (Wildman–Crippen LogP) is 4.20. The van der Waals surface area contributed by atoms with Crippen molar-refractivity contribution in [2.45, 2.75) is 20.8 Å². The Morgan fingerprint density at radius 2 is 1.70 bits per heavy atom. The van der Waals surface area contributed by atoms with E-state index >= 15 is 0 Å². The van der Waals surface area contributed by atoms with Gasteiger partial charge in [-0.3, -0.25) is 9.59 Å². The molecule has 4 nitrogen and oxygen atoms in total. The highest BCUT2D eigenvalue weighted by Crippen LogP contribution is 2.43. The van der Waals surface area contributed by atoms with E-state index in [-0.39, 0.29) is 11.6 Å². The van der Waals surface area contributed by atoms with E-state index in [1.54, 1.807) is 19.2 Å². The second kappa shape index (κ2) is 4.55. The normalized spacial score (nSPS) is 13.4. The van der Waals surface area contributed by atoms with Crippen molar-refractivity contribution < 1.29 is 18.7 Å². The first-order chi connectivity index (χ1) is 10.9. The van der Waals surface area contributed by atoms with Gasteiger partial charge in [0, 0.05) is 16.5 Å². The van der Waals surface area contributed by atoms with Crippen molar-refractivity contribution in [3.63, 3.8) is 0 Å². The summed E-state index contributed by atoms with van der Waals surface area (Å²) in [6.07, 6.45) is 0. The first kappa shape index (κ1) is 14.2. The van der Waals surface area contributed by atoms with Crippen molar-refractivity contribution in [3.05, 3.63) is 50.8 Å². The Morgan fingerprint density at radius 1 is 1.00 bits per heavy atom. The van der Waals surface area contributed by atoms with Crippen LogP contribution in [0.25, 0.3) is 10.1 Å². The monoisotopic (exact) mass is 326 g/mol. The van der Waals surface area contributed by atoms with E-state index < -0.39 is 0 Å².